The first-order chi connectivity index (χ1) is 7.53. The number of carbonyl (C=O) groups is 1. The van der Waals surface area contributed by atoms with Gasteiger partial charge in [0.25, 0.3) is 0 Å². The minimum atomic E-state index is -0.379. The number of hydrogen-bond donors (Lipinski definition) is 0. The van der Waals surface area contributed by atoms with Crippen molar-refractivity contribution in [2.24, 2.45) is 0 Å². The number of ketones is 1. The van der Waals surface area contributed by atoms with Gasteiger partial charge in [-0.3, -0.25) is 4.79 Å². The summed E-state index contributed by atoms with van der Waals surface area (Å²) in [6.07, 6.45) is 1.93. The van der Waals surface area contributed by atoms with Crippen LogP contribution < -0.4 is 0 Å². The smallest absolute Gasteiger partial charge is 0.179 e. The Labute approximate surface area is 107 Å². The molecule has 0 bridgehead atoms. The molecule has 4 heteroatoms. The maximum Gasteiger partial charge on any atom is 0.179 e. The van der Waals surface area contributed by atoms with Crippen molar-refractivity contribution < 1.29 is 9.18 Å². The van der Waals surface area contributed by atoms with E-state index >= 15 is 0 Å². The number of halogens is 2. The van der Waals surface area contributed by atoms with E-state index in [0.717, 1.165) is 18.6 Å². The Kier molecular flexibility index (Phi) is 3.40. The maximum atomic E-state index is 13.1. The van der Waals surface area contributed by atoms with E-state index < -0.39 is 0 Å². The molecule has 1 unspecified atom stereocenters. The number of rotatable bonds is 2. The topological polar surface area (TPSA) is 17.1 Å². The fourth-order valence-corrected chi connectivity index (χ4v) is 3.61. The maximum absolute atomic E-state index is 13.1. The van der Waals surface area contributed by atoms with E-state index in [1.807, 2.05) is 6.92 Å². The Morgan fingerprint density at radius 2 is 2.31 bits per heavy atom. The van der Waals surface area contributed by atoms with E-state index in [0.29, 0.717) is 10.0 Å². The van der Waals surface area contributed by atoms with E-state index in [4.69, 9.17) is 0 Å². The molecule has 86 valence electrons. The van der Waals surface area contributed by atoms with Gasteiger partial charge in [0.05, 0.1) is 4.75 Å². The van der Waals surface area contributed by atoms with E-state index in [2.05, 4.69) is 15.9 Å². The van der Waals surface area contributed by atoms with Gasteiger partial charge >= 0.3 is 0 Å². The van der Waals surface area contributed by atoms with Crippen molar-refractivity contribution in [3.8, 4) is 0 Å². The zero-order valence-corrected chi connectivity index (χ0v) is 11.3. The zero-order chi connectivity index (χ0) is 11.8. The van der Waals surface area contributed by atoms with Gasteiger partial charge < -0.3 is 0 Å². The summed E-state index contributed by atoms with van der Waals surface area (Å²) in [4.78, 5) is 12.3. The van der Waals surface area contributed by atoms with E-state index in [1.165, 1.54) is 12.1 Å². The second kappa shape index (κ2) is 4.49. The molecular weight excluding hydrogens is 291 g/mol. The highest BCUT2D eigenvalue weighted by Crippen LogP contribution is 2.41. The molecule has 0 N–H and O–H groups in total. The Morgan fingerprint density at radius 3 is 2.94 bits per heavy atom. The highest BCUT2D eigenvalue weighted by Gasteiger charge is 2.38. The first-order valence-electron chi connectivity index (χ1n) is 5.17. The van der Waals surface area contributed by atoms with E-state index in [-0.39, 0.29) is 16.3 Å². The molecule has 0 spiro atoms. The van der Waals surface area contributed by atoms with Gasteiger partial charge in [0.2, 0.25) is 0 Å². The number of carbonyl (C=O) groups excluding carboxylic acids is 1. The largest absolute Gasteiger partial charge is 0.293 e. The summed E-state index contributed by atoms with van der Waals surface area (Å²) >= 11 is 4.97. The minimum Gasteiger partial charge on any atom is -0.293 e. The van der Waals surface area contributed by atoms with Crippen LogP contribution in [0.3, 0.4) is 0 Å². The summed E-state index contributed by atoms with van der Waals surface area (Å²) in [6.45, 7) is 1.95. The van der Waals surface area contributed by atoms with Crippen LogP contribution in [0.4, 0.5) is 4.39 Å². The second-order valence-electron chi connectivity index (χ2n) is 4.14. The fraction of sp³-hybridized carbons (Fsp3) is 0.417. The minimum absolute atomic E-state index is 0.0291. The first kappa shape index (κ1) is 12.1. The van der Waals surface area contributed by atoms with Crippen LogP contribution in [-0.2, 0) is 0 Å². The molecular formula is C12H12BrFOS. The summed E-state index contributed by atoms with van der Waals surface area (Å²) in [5, 5.41) is 0. The summed E-state index contributed by atoms with van der Waals surface area (Å²) in [5.41, 5.74) is 0.455. The molecule has 1 aliphatic heterocycles. The molecule has 2 rings (SSSR count). The molecule has 0 saturated carbocycles. The van der Waals surface area contributed by atoms with Gasteiger partial charge in [-0.05, 0) is 43.7 Å². The molecule has 1 aromatic carbocycles. The van der Waals surface area contributed by atoms with Gasteiger partial charge in [-0.25, -0.2) is 4.39 Å². The van der Waals surface area contributed by atoms with Gasteiger partial charge in [-0.2, -0.15) is 0 Å². The zero-order valence-electron chi connectivity index (χ0n) is 8.93. The number of benzene rings is 1. The van der Waals surface area contributed by atoms with Crippen LogP contribution in [0.2, 0.25) is 0 Å². The molecule has 1 saturated heterocycles. The quantitative estimate of drug-likeness (QED) is 0.767. The average Bonchev–Trinajstić information content (AvgIpc) is 2.69. The molecule has 1 heterocycles. The van der Waals surface area contributed by atoms with Gasteiger partial charge in [0.1, 0.15) is 5.82 Å². The SMILES string of the molecule is CC1(C(=O)c2cc(F)ccc2Br)CCCS1. The van der Waals surface area contributed by atoms with Crippen LogP contribution in [0.1, 0.15) is 30.1 Å². The highest BCUT2D eigenvalue weighted by molar-refractivity contribution is 9.10. The summed E-state index contributed by atoms with van der Waals surface area (Å²) in [6, 6.07) is 4.26. The standard InChI is InChI=1S/C12H12BrFOS/c1-12(5-2-6-16-12)11(15)9-7-8(14)3-4-10(9)13/h3-4,7H,2,5-6H2,1H3. The third-order valence-corrected chi connectivity index (χ3v) is 5.08. The summed E-state index contributed by atoms with van der Waals surface area (Å²) < 4.78 is 13.4. The van der Waals surface area contributed by atoms with Crippen molar-refractivity contribution in [2.75, 3.05) is 5.75 Å². The third kappa shape index (κ3) is 2.18. The van der Waals surface area contributed by atoms with Crippen LogP contribution in [-0.4, -0.2) is 16.3 Å². The molecule has 0 aliphatic carbocycles. The van der Waals surface area contributed by atoms with Crippen LogP contribution in [0.15, 0.2) is 22.7 Å². The van der Waals surface area contributed by atoms with Gasteiger partial charge in [-0.15, -0.1) is 11.8 Å². The lowest BCUT2D eigenvalue weighted by molar-refractivity contribution is 0.0948. The monoisotopic (exact) mass is 302 g/mol. The molecule has 1 aromatic rings. The molecule has 0 radical (unpaired) electrons. The van der Waals surface area contributed by atoms with Crippen molar-refractivity contribution in [3.05, 3.63) is 34.1 Å². The van der Waals surface area contributed by atoms with Crippen molar-refractivity contribution in [1.29, 1.82) is 0 Å². The van der Waals surface area contributed by atoms with Crippen molar-refractivity contribution in [1.82, 2.24) is 0 Å². The summed E-state index contributed by atoms with van der Waals surface area (Å²) in [7, 11) is 0. The highest BCUT2D eigenvalue weighted by atomic mass is 79.9. The Morgan fingerprint density at radius 1 is 1.56 bits per heavy atom. The molecule has 0 amide bonds. The Bertz CT molecular complexity index is 427. The van der Waals surface area contributed by atoms with Crippen LogP contribution in [0, 0.1) is 5.82 Å². The lowest BCUT2D eigenvalue weighted by Gasteiger charge is -2.21. The average molecular weight is 303 g/mol. The van der Waals surface area contributed by atoms with Crippen LogP contribution in [0.5, 0.6) is 0 Å². The Hall–Kier alpha value is -0.350. The van der Waals surface area contributed by atoms with E-state index in [1.54, 1.807) is 17.8 Å². The van der Waals surface area contributed by atoms with Gasteiger partial charge in [0, 0.05) is 10.0 Å². The third-order valence-electron chi connectivity index (χ3n) is 2.87. The fourth-order valence-electron chi connectivity index (χ4n) is 1.91. The summed E-state index contributed by atoms with van der Waals surface area (Å²) in [5.74, 6) is 0.675. The lowest BCUT2D eigenvalue weighted by atomic mass is 9.94. The lowest BCUT2D eigenvalue weighted by Crippen LogP contribution is -2.29. The Balaban J connectivity index is 2.36. The molecule has 16 heavy (non-hydrogen) atoms. The first-order valence-corrected chi connectivity index (χ1v) is 6.95. The van der Waals surface area contributed by atoms with Crippen molar-refractivity contribution in [2.45, 2.75) is 24.5 Å². The van der Waals surface area contributed by atoms with Crippen molar-refractivity contribution >= 4 is 33.5 Å². The number of thioether (sulfide) groups is 1. The molecule has 1 atom stereocenters. The molecule has 1 aliphatic rings. The molecule has 1 nitrogen and oxygen atoms in total. The molecule has 0 aromatic heterocycles. The predicted octanol–water partition coefficient (Wildman–Crippen LogP) is 4.06. The van der Waals surface area contributed by atoms with Gasteiger partial charge in [-0.1, -0.05) is 15.9 Å². The van der Waals surface area contributed by atoms with E-state index in [9.17, 15) is 9.18 Å². The van der Waals surface area contributed by atoms with Crippen LogP contribution in [0.25, 0.3) is 0 Å². The van der Waals surface area contributed by atoms with Crippen LogP contribution >= 0.6 is 27.7 Å². The number of Topliss-reactive ketones (excluding diaryl/α,β-unsaturated/α-hetero) is 1. The number of hydrogen-bond acceptors (Lipinski definition) is 2. The molecule has 1 fully saturated rings. The normalized spacial score (nSPS) is 24.7. The predicted molar refractivity (Wildman–Crippen MR) is 68.5 cm³/mol. The van der Waals surface area contributed by atoms with Gasteiger partial charge in [0.15, 0.2) is 5.78 Å². The van der Waals surface area contributed by atoms with Crippen molar-refractivity contribution in [3.63, 3.8) is 0 Å². The second-order valence-corrected chi connectivity index (χ2v) is 6.59.